The summed E-state index contributed by atoms with van der Waals surface area (Å²) in [5, 5.41) is 40.4. The van der Waals surface area contributed by atoms with Gasteiger partial charge in [0.25, 0.3) is 0 Å². The molecule has 2 aliphatic rings. The predicted molar refractivity (Wildman–Crippen MR) is 111 cm³/mol. The highest BCUT2D eigenvalue weighted by Gasteiger charge is 2.44. The van der Waals surface area contributed by atoms with Crippen molar-refractivity contribution < 1.29 is 39.4 Å². The van der Waals surface area contributed by atoms with E-state index < -0.39 is 37.1 Å². The predicted octanol–water partition coefficient (Wildman–Crippen LogP) is 0.962. The molecule has 168 valence electrons. The molecule has 0 radical (unpaired) electrons. The summed E-state index contributed by atoms with van der Waals surface area (Å²) in [7, 11) is 0. The van der Waals surface area contributed by atoms with Crippen LogP contribution < -0.4 is 14.2 Å². The monoisotopic (exact) mass is 432 g/mol. The summed E-state index contributed by atoms with van der Waals surface area (Å²) in [5.74, 6) is 1.95. The van der Waals surface area contributed by atoms with E-state index in [0.29, 0.717) is 43.3 Å². The van der Waals surface area contributed by atoms with E-state index in [0.717, 1.165) is 16.9 Å². The number of hydrogen-bond donors (Lipinski definition) is 4. The number of aliphatic hydroxyl groups is 4. The molecule has 2 aromatic rings. The minimum Gasteiger partial charge on any atom is -0.493 e. The molecule has 2 aromatic carbocycles. The Morgan fingerprint density at radius 2 is 1.61 bits per heavy atom. The van der Waals surface area contributed by atoms with Crippen LogP contribution >= 0.6 is 0 Å². The molecule has 0 saturated carbocycles. The minimum absolute atomic E-state index is 0.409. The molecule has 4 N–H and O–H groups in total. The van der Waals surface area contributed by atoms with Crippen LogP contribution in [0.5, 0.6) is 17.2 Å². The molecule has 31 heavy (non-hydrogen) atoms. The SMILES string of the molecule is CCOc1ccc(Cc2ccc3c(c2)OCCO3)cc1C1OC(CO)C(O)C(O)C1O. The number of aliphatic hydroxyl groups excluding tert-OH is 4. The van der Waals surface area contributed by atoms with Crippen LogP contribution in [0.1, 0.15) is 29.7 Å². The van der Waals surface area contributed by atoms with Gasteiger partial charge in [0, 0.05) is 5.56 Å². The zero-order valence-corrected chi connectivity index (χ0v) is 17.3. The smallest absolute Gasteiger partial charge is 0.161 e. The number of rotatable bonds is 6. The van der Waals surface area contributed by atoms with Gasteiger partial charge in [-0.1, -0.05) is 12.1 Å². The molecular weight excluding hydrogens is 404 g/mol. The number of benzene rings is 2. The Labute approximate surface area is 180 Å². The molecular formula is C23H28O8. The van der Waals surface area contributed by atoms with Gasteiger partial charge in [0.05, 0.1) is 13.2 Å². The van der Waals surface area contributed by atoms with Crippen molar-refractivity contribution in [3.05, 3.63) is 53.1 Å². The van der Waals surface area contributed by atoms with Gasteiger partial charge in [-0.2, -0.15) is 0 Å². The van der Waals surface area contributed by atoms with Gasteiger partial charge in [-0.3, -0.25) is 0 Å². The fourth-order valence-corrected chi connectivity index (χ4v) is 4.01. The van der Waals surface area contributed by atoms with Crippen molar-refractivity contribution in [1.82, 2.24) is 0 Å². The number of fused-ring (bicyclic) bond motifs is 1. The van der Waals surface area contributed by atoms with Crippen molar-refractivity contribution >= 4 is 0 Å². The first-order valence-electron chi connectivity index (χ1n) is 10.5. The Bertz CT molecular complexity index is 899. The van der Waals surface area contributed by atoms with Crippen molar-refractivity contribution in [3.63, 3.8) is 0 Å². The Balaban J connectivity index is 1.63. The largest absolute Gasteiger partial charge is 0.493 e. The third-order valence-corrected chi connectivity index (χ3v) is 5.59. The second kappa shape index (κ2) is 9.42. The minimum atomic E-state index is -1.45. The van der Waals surface area contributed by atoms with Crippen molar-refractivity contribution in [2.75, 3.05) is 26.4 Å². The van der Waals surface area contributed by atoms with Gasteiger partial charge in [0.15, 0.2) is 11.5 Å². The van der Waals surface area contributed by atoms with Crippen molar-refractivity contribution in [2.24, 2.45) is 0 Å². The van der Waals surface area contributed by atoms with E-state index in [2.05, 4.69) is 0 Å². The summed E-state index contributed by atoms with van der Waals surface area (Å²) in [6, 6.07) is 11.4. The number of ether oxygens (including phenoxy) is 4. The Morgan fingerprint density at radius 3 is 2.35 bits per heavy atom. The van der Waals surface area contributed by atoms with Gasteiger partial charge in [0.1, 0.15) is 49.5 Å². The highest BCUT2D eigenvalue weighted by molar-refractivity contribution is 5.46. The first-order chi connectivity index (χ1) is 15.0. The molecule has 8 nitrogen and oxygen atoms in total. The van der Waals surface area contributed by atoms with Crippen LogP contribution in [0.25, 0.3) is 0 Å². The average Bonchev–Trinajstić information content (AvgIpc) is 2.79. The van der Waals surface area contributed by atoms with Crippen molar-refractivity contribution in [2.45, 2.75) is 43.9 Å². The summed E-state index contributed by atoms with van der Waals surface area (Å²) in [4.78, 5) is 0. The van der Waals surface area contributed by atoms with Crippen LogP contribution in [0.2, 0.25) is 0 Å². The van der Waals surface area contributed by atoms with Crippen LogP contribution in [-0.2, 0) is 11.2 Å². The van der Waals surface area contributed by atoms with Gasteiger partial charge in [0.2, 0.25) is 0 Å². The van der Waals surface area contributed by atoms with E-state index in [1.165, 1.54) is 0 Å². The van der Waals surface area contributed by atoms with E-state index in [-0.39, 0.29) is 0 Å². The first kappa shape index (κ1) is 21.9. The molecule has 1 saturated heterocycles. The highest BCUT2D eigenvalue weighted by atomic mass is 16.6. The van der Waals surface area contributed by atoms with Crippen LogP contribution in [0.15, 0.2) is 36.4 Å². The lowest BCUT2D eigenvalue weighted by atomic mass is 9.89. The Morgan fingerprint density at radius 1 is 0.903 bits per heavy atom. The van der Waals surface area contributed by atoms with E-state index >= 15 is 0 Å². The molecule has 4 rings (SSSR count). The summed E-state index contributed by atoms with van der Waals surface area (Å²) in [6.45, 7) is 2.82. The lowest BCUT2D eigenvalue weighted by Gasteiger charge is -2.40. The molecule has 1 fully saturated rings. The van der Waals surface area contributed by atoms with Gasteiger partial charge in [-0.15, -0.1) is 0 Å². The summed E-state index contributed by atoms with van der Waals surface area (Å²) < 4.78 is 22.7. The molecule has 5 unspecified atom stereocenters. The molecule has 0 amide bonds. The molecule has 2 heterocycles. The van der Waals surface area contributed by atoms with E-state index in [4.69, 9.17) is 18.9 Å². The molecule has 0 aliphatic carbocycles. The fourth-order valence-electron chi connectivity index (χ4n) is 4.01. The normalized spacial score (nSPS) is 27.7. The zero-order chi connectivity index (χ0) is 22.0. The van der Waals surface area contributed by atoms with Crippen LogP contribution in [0.3, 0.4) is 0 Å². The third-order valence-electron chi connectivity index (χ3n) is 5.59. The molecule has 2 aliphatic heterocycles. The van der Waals surface area contributed by atoms with E-state index in [1.807, 2.05) is 37.3 Å². The standard InChI is InChI=1S/C23H28O8/c1-2-28-16-5-3-13(9-14-4-6-17-18(11-14)30-8-7-29-17)10-15(16)23-22(27)21(26)20(25)19(12-24)31-23/h3-6,10-11,19-27H,2,7-9,12H2,1H3. The quantitative estimate of drug-likeness (QED) is 0.533. The number of hydrogen-bond acceptors (Lipinski definition) is 8. The lowest BCUT2D eigenvalue weighted by Crippen LogP contribution is -2.55. The summed E-state index contributed by atoms with van der Waals surface area (Å²) in [6.07, 6.45) is -5.59. The maximum Gasteiger partial charge on any atom is 0.161 e. The van der Waals surface area contributed by atoms with Gasteiger partial charge < -0.3 is 39.4 Å². The molecule has 0 spiro atoms. The second-order valence-electron chi connectivity index (χ2n) is 7.71. The van der Waals surface area contributed by atoms with Gasteiger partial charge in [-0.25, -0.2) is 0 Å². The molecule has 8 heteroatoms. The maximum atomic E-state index is 10.6. The highest BCUT2D eigenvalue weighted by Crippen LogP contribution is 2.38. The fraction of sp³-hybridized carbons (Fsp3) is 0.478. The van der Waals surface area contributed by atoms with Gasteiger partial charge >= 0.3 is 0 Å². The average molecular weight is 432 g/mol. The van der Waals surface area contributed by atoms with Crippen LogP contribution in [0.4, 0.5) is 0 Å². The van der Waals surface area contributed by atoms with Crippen molar-refractivity contribution in [1.29, 1.82) is 0 Å². The summed E-state index contributed by atoms with van der Waals surface area (Å²) in [5.41, 5.74) is 2.51. The van der Waals surface area contributed by atoms with Crippen LogP contribution in [0, 0.1) is 0 Å². The van der Waals surface area contributed by atoms with Gasteiger partial charge in [-0.05, 0) is 48.7 Å². The third kappa shape index (κ3) is 4.49. The molecule has 5 atom stereocenters. The van der Waals surface area contributed by atoms with E-state index in [1.54, 1.807) is 6.07 Å². The molecule has 0 aromatic heterocycles. The topological polar surface area (TPSA) is 118 Å². The lowest BCUT2D eigenvalue weighted by molar-refractivity contribution is -0.232. The maximum absolute atomic E-state index is 10.6. The molecule has 0 bridgehead atoms. The zero-order valence-electron chi connectivity index (χ0n) is 17.3. The van der Waals surface area contributed by atoms with Crippen LogP contribution in [-0.4, -0.2) is 71.3 Å². The summed E-state index contributed by atoms with van der Waals surface area (Å²) >= 11 is 0. The van der Waals surface area contributed by atoms with E-state index in [9.17, 15) is 20.4 Å². The van der Waals surface area contributed by atoms with Crippen molar-refractivity contribution in [3.8, 4) is 17.2 Å². The first-order valence-corrected chi connectivity index (χ1v) is 10.5. The Kier molecular flexibility index (Phi) is 6.64. The Hall–Kier alpha value is -2.36. The second-order valence-corrected chi connectivity index (χ2v) is 7.71.